The van der Waals surface area contributed by atoms with E-state index in [4.69, 9.17) is 0 Å². The Kier molecular flexibility index (Phi) is 2.96. The summed E-state index contributed by atoms with van der Waals surface area (Å²) >= 11 is 0. The van der Waals surface area contributed by atoms with E-state index >= 15 is 0 Å². The molecule has 0 atom stereocenters. The number of rotatable bonds is 3. The first-order valence-corrected chi connectivity index (χ1v) is 4.19. The van der Waals surface area contributed by atoms with E-state index in [1.165, 1.54) is 0 Å². The molecule has 0 unspecified atom stereocenters. The highest BCUT2D eigenvalue weighted by molar-refractivity contribution is 5.98. The lowest BCUT2D eigenvalue weighted by molar-refractivity contribution is 0.0992. The van der Waals surface area contributed by atoms with E-state index < -0.39 is 0 Å². The number of hydrogen-bond donors (Lipinski definition) is 0. The Bertz CT molecular complexity index is 342. The maximum atomic E-state index is 11.6. The Morgan fingerprint density at radius 1 is 1.62 bits per heavy atom. The first-order chi connectivity index (χ1) is 6.11. The molecule has 0 N–H and O–H groups in total. The number of aromatic nitrogens is 1. The highest BCUT2D eigenvalue weighted by Crippen LogP contribution is 2.10. The fraction of sp³-hybridized carbons (Fsp3) is 0.273. The van der Waals surface area contributed by atoms with Crippen molar-refractivity contribution in [3.8, 4) is 0 Å². The minimum atomic E-state index is 0.118. The van der Waals surface area contributed by atoms with Crippen LogP contribution in [-0.2, 0) is 0 Å². The molecule has 68 valence electrons. The molecular formula is C11H13NO. The standard InChI is InChI=1S/C11H13NO/c1-8(2)6-11(13)10-4-5-12-7-9(10)3/h4-5,7H,1,6H2,2-3H3. The van der Waals surface area contributed by atoms with Gasteiger partial charge in [0.25, 0.3) is 0 Å². The molecule has 0 radical (unpaired) electrons. The Hall–Kier alpha value is -1.44. The van der Waals surface area contributed by atoms with Crippen molar-refractivity contribution in [2.45, 2.75) is 20.3 Å². The molecule has 0 saturated carbocycles. The Labute approximate surface area is 78.3 Å². The van der Waals surface area contributed by atoms with Gasteiger partial charge in [0.2, 0.25) is 0 Å². The normalized spacial score (nSPS) is 9.69. The van der Waals surface area contributed by atoms with Crippen LogP contribution < -0.4 is 0 Å². The first kappa shape index (κ1) is 9.65. The summed E-state index contributed by atoms with van der Waals surface area (Å²) in [7, 11) is 0. The van der Waals surface area contributed by atoms with Crippen LogP contribution in [0.5, 0.6) is 0 Å². The zero-order valence-electron chi connectivity index (χ0n) is 8.00. The quantitative estimate of drug-likeness (QED) is 0.522. The molecule has 1 rings (SSSR count). The number of aryl methyl sites for hydroxylation is 1. The van der Waals surface area contributed by atoms with Crippen molar-refractivity contribution in [3.63, 3.8) is 0 Å². The van der Waals surface area contributed by atoms with E-state index in [-0.39, 0.29) is 5.78 Å². The third-order valence-corrected chi connectivity index (χ3v) is 1.78. The average Bonchev–Trinajstić information content (AvgIpc) is 2.03. The maximum absolute atomic E-state index is 11.6. The van der Waals surface area contributed by atoms with Gasteiger partial charge in [-0.1, -0.05) is 12.2 Å². The topological polar surface area (TPSA) is 30.0 Å². The second-order valence-corrected chi connectivity index (χ2v) is 3.25. The number of pyridine rings is 1. The fourth-order valence-corrected chi connectivity index (χ4v) is 1.16. The highest BCUT2D eigenvalue weighted by atomic mass is 16.1. The summed E-state index contributed by atoms with van der Waals surface area (Å²) in [6.45, 7) is 7.46. The number of carbonyl (C=O) groups is 1. The summed E-state index contributed by atoms with van der Waals surface area (Å²) in [5.41, 5.74) is 2.56. The molecule has 1 heterocycles. The molecule has 0 saturated heterocycles. The lowest BCUT2D eigenvalue weighted by Crippen LogP contribution is -2.02. The zero-order valence-corrected chi connectivity index (χ0v) is 8.00. The molecule has 1 aromatic heterocycles. The summed E-state index contributed by atoms with van der Waals surface area (Å²) in [5.74, 6) is 0.118. The van der Waals surface area contributed by atoms with Crippen LogP contribution in [0, 0.1) is 6.92 Å². The number of nitrogens with zero attached hydrogens (tertiary/aromatic N) is 1. The molecule has 1 aromatic rings. The van der Waals surface area contributed by atoms with Crippen molar-refractivity contribution in [2.75, 3.05) is 0 Å². The predicted octanol–water partition coefficient (Wildman–Crippen LogP) is 2.54. The van der Waals surface area contributed by atoms with Crippen LogP contribution in [0.4, 0.5) is 0 Å². The van der Waals surface area contributed by atoms with Gasteiger partial charge in [-0.25, -0.2) is 0 Å². The van der Waals surface area contributed by atoms with Gasteiger partial charge in [-0.2, -0.15) is 0 Å². The van der Waals surface area contributed by atoms with Crippen molar-refractivity contribution in [1.82, 2.24) is 4.98 Å². The van der Waals surface area contributed by atoms with Gasteiger partial charge in [-0.05, 0) is 25.5 Å². The largest absolute Gasteiger partial charge is 0.294 e. The number of hydrogen-bond acceptors (Lipinski definition) is 2. The lowest BCUT2D eigenvalue weighted by Gasteiger charge is -2.02. The monoisotopic (exact) mass is 175 g/mol. The van der Waals surface area contributed by atoms with Gasteiger partial charge >= 0.3 is 0 Å². The van der Waals surface area contributed by atoms with E-state index in [0.717, 1.165) is 16.7 Å². The Morgan fingerprint density at radius 2 is 2.31 bits per heavy atom. The van der Waals surface area contributed by atoms with Crippen molar-refractivity contribution < 1.29 is 4.79 Å². The van der Waals surface area contributed by atoms with Gasteiger partial charge in [0.1, 0.15) is 0 Å². The van der Waals surface area contributed by atoms with E-state index in [2.05, 4.69) is 11.6 Å². The number of ketones is 1. The first-order valence-electron chi connectivity index (χ1n) is 4.19. The molecule has 0 aliphatic heterocycles. The summed E-state index contributed by atoms with van der Waals surface area (Å²) in [5, 5.41) is 0. The Morgan fingerprint density at radius 3 is 2.85 bits per heavy atom. The minimum absolute atomic E-state index is 0.118. The molecule has 0 aliphatic rings. The molecule has 2 nitrogen and oxygen atoms in total. The summed E-state index contributed by atoms with van der Waals surface area (Å²) in [6.07, 6.45) is 3.76. The molecule has 13 heavy (non-hydrogen) atoms. The van der Waals surface area contributed by atoms with Gasteiger partial charge in [0, 0.05) is 24.4 Å². The van der Waals surface area contributed by atoms with Crippen LogP contribution in [-0.4, -0.2) is 10.8 Å². The van der Waals surface area contributed by atoms with Crippen LogP contribution in [0.1, 0.15) is 29.3 Å². The molecule has 0 spiro atoms. The molecule has 2 heteroatoms. The highest BCUT2D eigenvalue weighted by Gasteiger charge is 2.07. The van der Waals surface area contributed by atoms with Crippen LogP contribution >= 0.6 is 0 Å². The molecule has 0 aliphatic carbocycles. The second kappa shape index (κ2) is 3.99. The van der Waals surface area contributed by atoms with Gasteiger partial charge < -0.3 is 0 Å². The summed E-state index contributed by atoms with van der Waals surface area (Å²) in [6, 6.07) is 1.75. The van der Waals surface area contributed by atoms with Crippen LogP contribution in [0.3, 0.4) is 0 Å². The number of allylic oxidation sites excluding steroid dienone is 1. The van der Waals surface area contributed by atoms with E-state index in [1.807, 2.05) is 13.8 Å². The van der Waals surface area contributed by atoms with Gasteiger partial charge in [-0.3, -0.25) is 9.78 Å². The smallest absolute Gasteiger partial charge is 0.167 e. The van der Waals surface area contributed by atoms with Crippen LogP contribution in [0.25, 0.3) is 0 Å². The maximum Gasteiger partial charge on any atom is 0.167 e. The molecule has 0 bridgehead atoms. The lowest BCUT2D eigenvalue weighted by atomic mass is 10.0. The zero-order chi connectivity index (χ0) is 9.84. The second-order valence-electron chi connectivity index (χ2n) is 3.25. The van der Waals surface area contributed by atoms with Crippen molar-refractivity contribution in [3.05, 3.63) is 41.7 Å². The predicted molar refractivity (Wildman–Crippen MR) is 52.7 cm³/mol. The van der Waals surface area contributed by atoms with E-state index in [9.17, 15) is 4.79 Å². The van der Waals surface area contributed by atoms with Crippen LogP contribution in [0.15, 0.2) is 30.6 Å². The van der Waals surface area contributed by atoms with Crippen molar-refractivity contribution >= 4 is 5.78 Å². The van der Waals surface area contributed by atoms with Gasteiger partial charge in [0.05, 0.1) is 0 Å². The van der Waals surface area contributed by atoms with Gasteiger partial charge in [0.15, 0.2) is 5.78 Å². The molecular weight excluding hydrogens is 162 g/mol. The van der Waals surface area contributed by atoms with Crippen LogP contribution in [0.2, 0.25) is 0 Å². The third-order valence-electron chi connectivity index (χ3n) is 1.78. The minimum Gasteiger partial charge on any atom is -0.294 e. The van der Waals surface area contributed by atoms with Crippen molar-refractivity contribution in [2.24, 2.45) is 0 Å². The SMILES string of the molecule is C=C(C)CC(=O)c1ccncc1C. The van der Waals surface area contributed by atoms with Gasteiger partial charge in [-0.15, -0.1) is 0 Å². The number of Topliss-reactive ketones (excluding diaryl/α,β-unsaturated/α-hetero) is 1. The van der Waals surface area contributed by atoms with Crippen molar-refractivity contribution in [1.29, 1.82) is 0 Å². The average molecular weight is 175 g/mol. The van der Waals surface area contributed by atoms with E-state index in [0.29, 0.717) is 6.42 Å². The fourth-order valence-electron chi connectivity index (χ4n) is 1.16. The summed E-state index contributed by atoms with van der Waals surface area (Å²) < 4.78 is 0. The Balaban J connectivity index is 2.89. The molecule has 0 fully saturated rings. The molecule has 0 aromatic carbocycles. The third kappa shape index (κ3) is 2.51. The number of carbonyl (C=O) groups excluding carboxylic acids is 1. The summed E-state index contributed by atoms with van der Waals surface area (Å²) in [4.78, 5) is 15.5. The van der Waals surface area contributed by atoms with E-state index in [1.54, 1.807) is 18.5 Å². The molecule has 0 amide bonds.